The van der Waals surface area contributed by atoms with Crippen LogP contribution in [-0.4, -0.2) is 37.6 Å². The maximum absolute atomic E-state index is 13.6. The van der Waals surface area contributed by atoms with Crippen molar-refractivity contribution >= 4 is 23.1 Å². The van der Waals surface area contributed by atoms with E-state index < -0.39 is 16.4 Å². The number of benzene rings is 1. The minimum absolute atomic E-state index is 0.115. The number of nitrogens with zero attached hydrogens (tertiary/aromatic N) is 4. The van der Waals surface area contributed by atoms with E-state index in [1.54, 1.807) is 37.5 Å². The zero-order valence-corrected chi connectivity index (χ0v) is 14.8. The number of pyridine rings is 1. The number of aliphatic hydroxyl groups excluding tert-OH is 1. The van der Waals surface area contributed by atoms with Gasteiger partial charge in [0.1, 0.15) is 5.82 Å². The van der Waals surface area contributed by atoms with Gasteiger partial charge >= 0.3 is 5.69 Å². The molecule has 3 rings (SSSR count). The second-order valence-corrected chi connectivity index (χ2v) is 5.97. The molecule has 9 nitrogen and oxygen atoms in total. The Balaban J connectivity index is 1.98. The van der Waals surface area contributed by atoms with Gasteiger partial charge in [-0.1, -0.05) is 0 Å². The van der Waals surface area contributed by atoms with E-state index in [0.717, 1.165) is 17.7 Å². The highest BCUT2D eigenvalue weighted by molar-refractivity contribution is 5.68. The highest BCUT2D eigenvalue weighted by Gasteiger charge is 2.15. The Morgan fingerprint density at radius 3 is 2.64 bits per heavy atom. The standard InChI is InChI=1S/C18H17FN6O3/c1-11(10-26)21-18-23-15(12-4-6-20-7-5-12)9-17(24-18)22-13-2-3-14(19)16(8-13)25(27)28/h2-9,11,26H,10H2,1H3,(H2,21,22,23,24)/t11-/m1/s1. The predicted octanol–water partition coefficient (Wildman–Crippen LogP) is 3.12. The molecule has 0 bridgehead atoms. The zero-order valence-electron chi connectivity index (χ0n) is 14.8. The van der Waals surface area contributed by atoms with E-state index in [1.165, 1.54) is 6.07 Å². The van der Waals surface area contributed by atoms with Crippen LogP contribution in [0.5, 0.6) is 0 Å². The SMILES string of the molecule is C[C@H](CO)Nc1nc(Nc2ccc(F)c([N+](=O)[O-])c2)cc(-c2ccncc2)n1. The molecule has 2 heterocycles. The lowest BCUT2D eigenvalue weighted by Gasteiger charge is -2.14. The molecular weight excluding hydrogens is 367 g/mol. The molecule has 0 amide bonds. The molecule has 28 heavy (non-hydrogen) atoms. The largest absolute Gasteiger partial charge is 0.394 e. The summed E-state index contributed by atoms with van der Waals surface area (Å²) in [6.07, 6.45) is 3.24. The third kappa shape index (κ3) is 4.54. The summed E-state index contributed by atoms with van der Waals surface area (Å²) in [5.74, 6) is -0.319. The third-order valence-corrected chi connectivity index (χ3v) is 3.77. The predicted molar refractivity (Wildman–Crippen MR) is 102 cm³/mol. The molecule has 0 fully saturated rings. The summed E-state index contributed by atoms with van der Waals surface area (Å²) in [4.78, 5) is 22.9. The molecule has 144 valence electrons. The zero-order chi connectivity index (χ0) is 20.1. The second kappa shape index (κ2) is 8.35. The van der Waals surface area contributed by atoms with Gasteiger partial charge in [-0.25, -0.2) is 4.98 Å². The third-order valence-electron chi connectivity index (χ3n) is 3.77. The summed E-state index contributed by atoms with van der Waals surface area (Å²) in [6.45, 7) is 1.65. The highest BCUT2D eigenvalue weighted by atomic mass is 19.1. The lowest BCUT2D eigenvalue weighted by Crippen LogP contribution is -2.21. The van der Waals surface area contributed by atoms with Gasteiger partial charge in [0.2, 0.25) is 11.8 Å². The van der Waals surface area contributed by atoms with Crippen molar-refractivity contribution < 1.29 is 14.4 Å². The number of hydrogen-bond donors (Lipinski definition) is 3. The van der Waals surface area contributed by atoms with Crippen molar-refractivity contribution in [2.24, 2.45) is 0 Å². The normalized spacial score (nSPS) is 11.7. The first-order valence-electron chi connectivity index (χ1n) is 8.34. The number of aromatic nitrogens is 3. The van der Waals surface area contributed by atoms with Crippen LogP contribution in [0.1, 0.15) is 6.92 Å². The van der Waals surface area contributed by atoms with E-state index in [1.807, 2.05) is 0 Å². The van der Waals surface area contributed by atoms with Crippen molar-refractivity contribution in [1.29, 1.82) is 0 Å². The summed E-state index contributed by atoms with van der Waals surface area (Å²) >= 11 is 0. The van der Waals surface area contributed by atoms with E-state index >= 15 is 0 Å². The van der Waals surface area contributed by atoms with Gasteiger partial charge in [0.25, 0.3) is 0 Å². The molecule has 2 aromatic heterocycles. The van der Waals surface area contributed by atoms with Gasteiger partial charge in [-0.05, 0) is 31.2 Å². The quantitative estimate of drug-likeness (QED) is 0.419. The van der Waals surface area contributed by atoms with Gasteiger partial charge < -0.3 is 15.7 Å². The van der Waals surface area contributed by atoms with E-state index in [0.29, 0.717) is 17.2 Å². The fourth-order valence-electron chi connectivity index (χ4n) is 2.39. The Morgan fingerprint density at radius 1 is 1.21 bits per heavy atom. The molecule has 1 aromatic carbocycles. The summed E-state index contributed by atoms with van der Waals surface area (Å²) in [6, 6.07) is 8.39. The number of halogens is 1. The molecule has 0 aliphatic rings. The molecule has 0 aliphatic heterocycles. The molecule has 0 spiro atoms. The van der Waals surface area contributed by atoms with Crippen molar-refractivity contribution in [3.05, 3.63) is 64.7 Å². The van der Waals surface area contributed by atoms with Crippen molar-refractivity contribution in [3.8, 4) is 11.3 Å². The number of nitro groups is 1. The van der Waals surface area contributed by atoms with Crippen LogP contribution in [-0.2, 0) is 0 Å². The van der Waals surface area contributed by atoms with Crippen LogP contribution in [0.2, 0.25) is 0 Å². The van der Waals surface area contributed by atoms with Crippen LogP contribution >= 0.6 is 0 Å². The monoisotopic (exact) mass is 384 g/mol. The molecule has 0 radical (unpaired) electrons. The number of nitrogens with one attached hydrogen (secondary N) is 2. The van der Waals surface area contributed by atoms with Crippen molar-refractivity contribution in [3.63, 3.8) is 0 Å². The number of nitro benzene ring substituents is 1. The summed E-state index contributed by atoms with van der Waals surface area (Å²) in [7, 11) is 0. The lowest BCUT2D eigenvalue weighted by atomic mass is 10.2. The Morgan fingerprint density at radius 2 is 1.96 bits per heavy atom. The summed E-state index contributed by atoms with van der Waals surface area (Å²) in [5.41, 5.74) is 1.02. The van der Waals surface area contributed by atoms with Gasteiger partial charge in [0.05, 0.1) is 17.2 Å². The lowest BCUT2D eigenvalue weighted by molar-refractivity contribution is -0.387. The van der Waals surface area contributed by atoms with Crippen molar-refractivity contribution in [2.45, 2.75) is 13.0 Å². The number of hydrogen-bond acceptors (Lipinski definition) is 8. The Labute approximate surface area is 159 Å². The van der Waals surface area contributed by atoms with E-state index in [4.69, 9.17) is 0 Å². The van der Waals surface area contributed by atoms with Gasteiger partial charge in [0, 0.05) is 41.8 Å². The van der Waals surface area contributed by atoms with Crippen LogP contribution in [0, 0.1) is 15.9 Å². The van der Waals surface area contributed by atoms with Crippen LogP contribution in [0.15, 0.2) is 48.8 Å². The van der Waals surface area contributed by atoms with Crippen molar-refractivity contribution in [1.82, 2.24) is 15.0 Å². The molecule has 0 unspecified atom stereocenters. The first kappa shape index (κ1) is 19.1. The molecule has 3 aromatic rings. The van der Waals surface area contributed by atoms with E-state index in [9.17, 15) is 19.6 Å². The highest BCUT2D eigenvalue weighted by Crippen LogP contribution is 2.26. The Bertz CT molecular complexity index is 986. The first-order chi connectivity index (χ1) is 13.5. The molecule has 0 saturated carbocycles. The Kier molecular flexibility index (Phi) is 5.70. The smallest absolute Gasteiger partial charge is 0.306 e. The summed E-state index contributed by atoms with van der Waals surface area (Å²) in [5, 5.41) is 26.1. The van der Waals surface area contributed by atoms with Crippen LogP contribution < -0.4 is 10.6 Å². The molecular formula is C18H17FN6O3. The second-order valence-electron chi connectivity index (χ2n) is 5.97. The van der Waals surface area contributed by atoms with Gasteiger partial charge in [0.15, 0.2) is 0 Å². The molecule has 0 saturated heterocycles. The van der Waals surface area contributed by atoms with Gasteiger partial charge in [-0.2, -0.15) is 9.37 Å². The maximum Gasteiger partial charge on any atom is 0.306 e. The maximum atomic E-state index is 13.6. The van der Waals surface area contributed by atoms with Gasteiger partial charge in [-0.3, -0.25) is 15.1 Å². The van der Waals surface area contributed by atoms with Crippen LogP contribution in [0.4, 0.5) is 27.5 Å². The van der Waals surface area contributed by atoms with E-state index in [-0.39, 0.29) is 18.6 Å². The minimum Gasteiger partial charge on any atom is -0.394 e. The molecule has 0 aliphatic carbocycles. The average Bonchev–Trinajstić information content (AvgIpc) is 2.69. The summed E-state index contributed by atoms with van der Waals surface area (Å²) < 4.78 is 13.6. The number of aliphatic hydroxyl groups is 1. The minimum atomic E-state index is -0.921. The fourth-order valence-corrected chi connectivity index (χ4v) is 2.39. The molecule has 10 heteroatoms. The topological polar surface area (TPSA) is 126 Å². The number of rotatable bonds is 7. The molecule has 1 atom stereocenters. The van der Waals surface area contributed by atoms with E-state index in [2.05, 4.69) is 25.6 Å². The fraction of sp³-hybridized carbons (Fsp3) is 0.167. The van der Waals surface area contributed by atoms with Crippen molar-refractivity contribution in [2.75, 3.05) is 17.2 Å². The van der Waals surface area contributed by atoms with Crippen LogP contribution in [0.3, 0.4) is 0 Å². The van der Waals surface area contributed by atoms with Gasteiger partial charge in [-0.15, -0.1) is 0 Å². The first-order valence-corrected chi connectivity index (χ1v) is 8.34. The molecule has 3 N–H and O–H groups in total. The van der Waals surface area contributed by atoms with Crippen LogP contribution in [0.25, 0.3) is 11.3 Å². The Hall–Kier alpha value is -3.66. The average molecular weight is 384 g/mol. The number of anilines is 3.